The van der Waals surface area contributed by atoms with Crippen LogP contribution in [0.25, 0.3) is 0 Å². The molecule has 4 atom stereocenters. The summed E-state index contributed by atoms with van der Waals surface area (Å²) in [6, 6.07) is 29.4. The fourth-order valence-corrected chi connectivity index (χ4v) is 13.7. The molecule has 0 radical (unpaired) electrons. The third kappa shape index (κ3) is 6.98. The van der Waals surface area contributed by atoms with E-state index >= 15 is 0 Å². The van der Waals surface area contributed by atoms with E-state index in [1.807, 2.05) is 0 Å². The van der Waals surface area contributed by atoms with Crippen LogP contribution < -0.4 is 26.2 Å². The molecule has 68 heavy (non-hydrogen) atoms. The Morgan fingerprint density at radius 3 is 1.41 bits per heavy atom. The van der Waals surface area contributed by atoms with Crippen molar-refractivity contribution < 1.29 is 6.85 Å². The van der Waals surface area contributed by atoms with Crippen LogP contribution in [0.5, 0.6) is 0 Å². The molecule has 5 aromatic rings. The lowest BCUT2D eigenvalue weighted by atomic mass is 9.32. The maximum absolute atomic E-state index is 9.73. The quantitative estimate of drug-likeness (QED) is 0.163. The molecular weight excluding hydrogens is 820 g/mol. The Labute approximate surface area is 420 Å². The van der Waals surface area contributed by atoms with E-state index in [0.29, 0.717) is 0 Å². The van der Waals surface area contributed by atoms with Gasteiger partial charge in [-0.15, -0.1) is 0 Å². The minimum absolute atomic E-state index is 0.00232. The van der Waals surface area contributed by atoms with Crippen molar-refractivity contribution in [2.24, 2.45) is 0 Å². The zero-order valence-corrected chi connectivity index (χ0v) is 44.6. The number of fused-ring (bicyclic) bond motifs is 7. The normalized spacial score (nSPS) is 29.6. The first-order valence-corrected chi connectivity index (χ1v) is 26.3. The second-order valence-corrected chi connectivity index (χ2v) is 27.3. The number of benzene rings is 5. The lowest BCUT2D eigenvalue weighted by molar-refractivity contribution is 0.332. The maximum atomic E-state index is 9.73. The number of rotatable bonds is 3. The lowest BCUT2D eigenvalue weighted by Crippen LogP contribution is -2.62. The van der Waals surface area contributed by atoms with Crippen LogP contribution in [0.4, 0.5) is 34.1 Å². The molecule has 1 fully saturated rings. The van der Waals surface area contributed by atoms with E-state index < -0.39 is 37.9 Å². The van der Waals surface area contributed by atoms with Crippen molar-refractivity contribution in [2.45, 2.75) is 225 Å². The molecular formula is C65H83BN2. The highest BCUT2D eigenvalue weighted by Gasteiger charge is 2.49. The molecule has 0 saturated heterocycles. The average molecular weight is 908 g/mol. The second-order valence-electron chi connectivity index (χ2n) is 27.3. The van der Waals surface area contributed by atoms with Gasteiger partial charge in [-0.25, -0.2) is 0 Å². The van der Waals surface area contributed by atoms with Crippen molar-refractivity contribution in [1.82, 2.24) is 0 Å². The number of hydrogen-bond acceptors (Lipinski definition) is 2. The van der Waals surface area contributed by atoms with Gasteiger partial charge in [0.15, 0.2) is 0 Å². The van der Waals surface area contributed by atoms with E-state index in [4.69, 9.17) is 1.37 Å². The second kappa shape index (κ2) is 14.9. The summed E-state index contributed by atoms with van der Waals surface area (Å²) in [5.74, 6) is -0.740. The monoisotopic (exact) mass is 908 g/mol. The number of hydrogen-bond donors (Lipinski definition) is 0. The number of nitrogens with zero attached hydrogens (tertiary/aromatic N) is 2. The van der Waals surface area contributed by atoms with Crippen molar-refractivity contribution in [2.75, 3.05) is 9.80 Å². The predicted molar refractivity (Wildman–Crippen MR) is 296 cm³/mol. The standard InChI is InChI=1S/C65H83BN2/c1-40-32-56-58-57(33-40)68(53-25-22-42(59(2,3)4)34-44(53)41-20-18-17-19-21-41)55-39-50-48(63(11,12)29-31-65(50,15)16)37-52(55)66(58)51-36-47-49(64(13,14)30-28-62(47,9)10)38-54(51)67(56)43-23-24-45-46(35-43)61(7,8)27-26-60(45,5)6/h22-25,32-39,41H,17-21,26-31H2,1-16H3/i17D,18D,19D,20D,21D. The van der Waals surface area contributed by atoms with Crippen molar-refractivity contribution in [1.29, 1.82) is 0 Å². The van der Waals surface area contributed by atoms with Crippen molar-refractivity contribution in [3.63, 3.8) is 0 Å². The summed E-state index contributed by atoms with van der Waals surface area (Å²) in [7, 11) is 0. The third-order valence-electron chi connectivity index (χ3n) is 18.6. The van der Waals surface area contributed by atoms with Crippen LogP contribution in [0.2, 0.25) is 0 Å². The molecule has 6 aliphatic rings. The van der Waals surface area contributed by atoms with E-state index in [2.05, 4.69) is 193 Å². The summed E-state index contributed by atoms with van der Waals surface area (Å²) < 4.78 is 46.7. The van der Waals surface area contributed by atoms with E-state index in [1.165, 1.54) is 66.8 Å². The summed E-state index contributed by atoms with van der Waals surface area (Å²) in [5.41, 5.74) is 22.1. The van der Waals surface area contributed by atoms with Gasteiger partial charge >= 0.3 is 0 Å². The summed E-state index contributed by atoms with van der Waals surface area (Å²) in [6.07, 6.45) is 1.35. The van der Waals surface area contributed by atoms with Gasteiger partial charge in [0.1, 0.15) is 0 Å². The lowest BCUT2D eigenvalue weighted by Gasteiger charge is -2.49. The Morgan fingerprint density at radius 2 is 0.912 bits per heavy atom. The van der Waals surface area contributed by atoms with Gasteiger partial charge in [-0.1, -0.05) is 153 Å². The Kier molecular flexibility index (Phi) is 8.87. The zero-order valence-electron chi connectivity index (χ0n) is 49.6. The smallest absolute Gasteiger partial charge is 0.252 e. The van der Waals surface area contributed by atoms with Gasteiger partial charge in [0.25, 0.3) is 6.71 Å². The molecule has 2 heterocycles. The highest BCUT2D eigenvalue weighted by molar-refractivity contribution is 7.00. The first kappa shape index (κ1) is 40.5. The highest BCUT2D eigenvalue weighted by Crippen LogP contribution is 2.55. The topological polar surface area (TPSA) is 6.48 Å². The van der Waals surface area contributed by atoms with Crippen LogP contribution in [-0.2, 0) is 37.9 Å². The number of anilines is 6. The van der Waals surface area contributed by atoms with Gasteiger partial charge in [0, 0.05) is 41.0 Å². The fourth-order valence-electron chi connectivity index (χ4n) is 13.7. The molecule has 4 unspecified atom stereocenters. The molecule has 11 rings (SSSR count). The van der Waals surface area contributed by atoms with Gasteiger partial charge in [0.05, 0.1) is 0 Å². The van der Waals surface area contributed by atoms with Crippen molar-refractivity contribution in [3.05, 3.63) is 123 Å². The Bertz CT molecular complexity index is 3100. The van der Waals surface area contributed by atoms with Gasteiger partial charge in [-0.3, -0.25) is 0 Å². The van der Waals surface area contributed by atoms with Crippen LogP contribution in [0.15, 0.2) is 72.8 Å². The molecule has 2 nitrogen and oxygen atoms in total. The summed E-state index contributed by atoms with van der Waals surface area (Å²) >= 11 is 0. The SMILES string of the molecule is [2H]C1C([2H])C([2H])C(c2cc(C(C)(C)C)ccc2N2c3cc4c(cc3B3c5cc6c(cc5N(c5ccc7c(c5)C(C)(C)CCC7(C)C)c5cc(C)cc2c53)C(C)(C)CCC6(C)C)C(C)(C)CCC4(C)C)C([2H])C1[2H]. The molecule has 0 aromatic heterocycles. The third-order valence-corrected chi connectivity index (χ3v) is 18.6. The number of aryl methyl sites for hydroxylation is 1. The molecule has 0 N–H and O–H groups in total. The molecule has 2 aliphatic heterocycles. The maximum Gasteiger partial charge on any atom is 0.252 e. The van der Waals surface area contributed by atoms with E-state index in [0.717, 1.165) is 72.3 Å². The largest absolute Gasteiger partial charge is 0.311 e. The Balaban J connectivity index is 1.29. The highest BCUT2D eigenvalue weighted by atomic mass is 15.2. The van der Waals surface area contributed by atoms with E-state index in [1.54, 1.807) is 0 Å². The van der Waals surface area contributed by atoms with Gasteiger partial charge in [0.2, 0.25) is 0 Å². The first-order valence-electron chi connectivity index (χ1n) is 29.2. The van der Waals surface area contributed by atoms with Crippen LogP contribution in [0, 0.1) is 6.92 Å². The Morgan fingerprint density at radius 1 is 0.471 bits per heavy atom. The predicted octanol–water partition coefficient (Wildman–Crippen LogP) is 16.5. The summed E-state index contributed by atoms with van der Waals surface area (Å²) in [5, 5.41) is 0. The zero-order chi connectivity index (χ0) is 52.8. The molecule has 0 amide bonds. The van der Waals surface area contributed by atoms with Crippen LogP contribution in [0.1, 0.15) is 237 Å². The van der Waals surface area contributed by atoms with Gasteiger partial charge in [-0.05, 0) is 211 Å². The van der Waals surface area contributed by atoms with Gasteiger partial charge < -0.3 is 9.80 Å². The minimum Gasteiger partial charge on any atom is -0.311 e. The van der Waals surface area contributed by atoms with Crippen LogP contribution in [0.3, 0.4) is 0 Å². The molecule has 0 spiro atoms. The Hall–Kier alpha value is -4.24. The van der Waals surface area contributed by atoms with Gasteiger partial charge in [-0.2, -0.15) is 0 Å². The minimum atomic E-state index is -1.11. The first-order chi connectivity index (χ1) is 33.8. The summed E-state index contributed by atoms with van der Waals surface area (Å²) in [6.45, 7) is 38.1. The average Bonchev–Trinajstić information content (AvgIpc) is 3.31. The van der Waals surface area contributed by atoms with Crippen LogP contribution >= 0.6 is 0 Å². The molecule has 1 saturated carbocycles. The molecule has 3 heteroatoms. The molecule has 5 aromatic carbocycles. The summed E-state index contributed by atoms with van der Waals surface area (Å²) in [4.78, 5) is 5.14. The molecule has 356 valence electrons. The molecule has 0 bridgehead atoms. The van der Waals surface area contributed by atoms with Crippen molar-refractivity contribution >= 4 is 57.2 Å². The molecule has 4 aliphatic carbocycles. The van der Waals surface area contributed by atoms with E-state index in [-0.39, 0.29) is 44.6 Å². The fraction of sp³-hybridized carbons (Fsp3) is 0.538. The van der Waals surface area contributed by atoms with E-state index in [9.17, 15) is 5.48 Å². The van der Waals surface area contributed by atoms with Crippen LogP contribution in [-0.4, -0.2) is 6.71 Å². The van der Waals surface area contributed by atoms with Crippen molar-refractivity contribution in [3.8, 4) is 0 Å².